The Morgan fingerprint density at radius 1 is 1.22 bits per heavy atom. The second-order valence-electron chi connectivity index (χ2n) is 5.45. The van der Waals surface area contributed by atoms with Crippen LogP contribution in [0.25, 0.3) is 11.5 Å². The van der Waals surface area contributed by atoms with Gasteiger partial charge in [0.25, 0.3) is 5.89 Å². The molecule has 0 saturated heterocycles. The van der Waals surface area contributed by atoms with Gasteiger partial charge in [0.2, 0.25) is 0 Å². The molecule has 0 aliphatic rings. The summed E-state index contributed by atoms with van der Waals surface area (Å²) in [5, 5.41) is 22.8. The Labute approximate surface area is 105 Å². The van der Waals surface area contributed by atoms with Gasteiger partial charge in [-0.25, -0.2) is 0 Å². The lowest BCUT2D eigenvalue weighted by Gasteiger charge is -2.14. The summed E-state index contributed by atoms with van der Waals surface area (Å²) in [6.07, 6.45) is 0.690. The van der Waals surface area contributed by atoms with Crippen LogP contribution in [-0.2, 0) is 6.42 Å². The van der Waals surface area contributed by atoms with Crippen LogP contribution < -0.4 is 0 Å². The predicted molar refractivity (Wildman–Crippen MR) is 66.2 cm³/mol. The number of aromatic nitrogens is 2. The molecule has 0 fully saturated rings. The van der Waals surface area contributed by atoms with E-state index in [0.717, 1.165) is 0 Å². The van der Waals surface area contributed by atoms with Gasteiger partial charge in [0.15, 0.2) is 5.82 Å². The SMILES string of the molecule is CC(C)(C)Cc1noc(-c2ccc(O)cc2O)n1. The molecule has 18 heavy (non-hydrogen) atoms. The third kappa shape index (κ3) is 2.80. The number of rotatable bonds is 2. The highest BCUT2D eigenvalue weighted by Gasteiger charge is 2.18. The first-order chi connectivity index (χ1) is 8.35. The summed E-state index contributed by atoms with van der Waals surface area (Å²) in [6.45, 7) is 6.25. The monoisotopic (exact) mass is 248 g/mol. The van der Waals surface area contributed by atoms with Crippen LogP contribution in [0.3, 0.4) is 0 Å². The predicted octanol–water partition coefficient (Wildman–Crippen LogP) is 2.74. The van der Waals surface area contributed by atoms with Crippen LogP contribution in [0.5, 0.6) is 11.5 Å². The Morgan fingerprint density at radius 2 is 1.94 bits per heavy atom. The summed E-state index contributed by atoms with van der Waals surface area (Å²) in [5.74, 6) is 0.767. The molecule has 0 saturated carbocycles. The van der Waals surface area contributed by atoms with E-state index in [4.69, 9.17) is 4.52 Å². The van der Waals surface area contributed by atoms with Crippen molar-refractivity contribution in [2.24, 2.45) is 5.41 Å². The summed E-state index contributed by atoms with van der Waals surface area (Å²) < 4.78 is 5.11. The van der Waals surface area contributed by atoms with Crippen molar-refractivity contribution in [1.82, 2.24) is 10.1 Å². The maximum Gasteiger partial charge on any atom is 0.261 e. The first-order valence-corrected chi connectivity index (χ1v) is 5.70. The molecule has 0 unspecified atom stereocenters. The Hall–Kier alpha value is -2.04. The van der Waals surface area contributed by atoms with Crippen LogP contribution in [0, 0.1) is 5.41 Å². The third-order valence-corrected chi connectivity index (χ3v) is 2.37. The smallest absolute Gasteiger partial charge is 0.261 e. The first kappa shape index (κ1) is 12.4. The van der Waals surface area contributed by atoms with Crippen LogP contribution in [0.2, 0.25) is 0 Å². The number of benzene rings is 1. The number of phenolic OH excluding ortho intramolecular Hbond substituents is 2. The Kier molecular flexibility index (Phi) is 2.98. The zero-order chi connectivity index (χ0) is 13.3. The highest BCUT2D eigenvalue weighted by Crippen LogP contribution is 2.31. The summed E-state index contributed by atoms with van der Waals surface area (Å²) in [6, 6.07) is 4.24. The van der Waals surface area contributed by atoms with Gasteiger partial charge in [-0.15, -0.1) is 0 Å². The Bertz CT molecular complexity index is 556. The molecule has 2 aromatic rings. The van der Waals surface area contributed by atoms with E-state index in [1.807, 2.05) is 0 Å². The summed E-state index contributed by atoms with van der Waals surface area (Å²) in [5.41, 5.74) is 0.485. The number of hydrogen-bond donors (Lipinski definition) is 2. The normalized spacial score (nSPS) is 11.7. The lowest BCUT2D eigenvalue weighted by molar-refractivity contribution is 0.373. The Balaban J connectivity index is 2.29. The molecule has 0 spiro atoms. The fourth-order valence-electron chi connectivity index (χ4n) is 1.61. The lowest BCUT2D eigenvalue weighted by Crippen LogP contribution is -2.10. The van der Waals surface area contributed by atoms with Crippen LogP contribution >= 0.6 is 0 Å². The standard InChI is InChI=1S/C13H16N2O3/c1-13(2,3)7-11-14-12(18-15-11)9-5-4-8(16)6-10(9)17/h4-6,16-17H,7H2,1-3H3. The molecule has 0 aliphatic carbocycles. The highest BCUT2D eigenvalue weighted by atomic mass is 16.5. The molecule has 96 valence electrons. The molecule has 1 aromatic heterocycles. The van der Waals surface area contributed by atoms with Crippen LogP contribution in [0.4, 0.5) is 0 Å². The second kappa shape index (κ2) is 4.33. The van der Waals surface area contributed by atoms with Crippen molar-refractivity contribution < 1.29 is 14.7 Å². The zero-order valence-corrected chi connectivity index (χ0v) is 10.6. The molecule has 0 aliphatic heterocycles. The average Bonchev–Trinajstić information content (AvgIpc) is 2.63. The van der Waals surface area contributed by atoms with E-state index in [2.05, 4.69) is 30.9 Å². The van der Waals surface area contributed by atoms with E-state index in [-0.39, 0.29) is 22.8 Å². The van der Waals surface area contributed by atoms with Gasteiger partial charge in [0.1, 0.15) is 11.5 Å². The van der Waals surface area contributed by atoms with Gasteiger partial charge in [0, 0.05) is 12.5 Å². The van der Waals surface area contributed by atoms with Crippen LogP contribution in [0.1, 0.15) is 26.6 Å². The van der Waals surface area contributed by atoms with Crippen LogP contribution in [0.15, 0.2) is 22.7 Å². The minimum Gasteiger partial charge on any atom is -0.508 e. The molecule has 1 aromatic carbocycles. The molecular weight excluding hydrogens is 232 g/mol. The van der Waals surface area contributed by atoms with Gasteiger partial charge >= 0.3 is 0 Å². The summed E-state index contributed by atoms with van der Waals surface area (Å²) in [4.78, 5) is 4.24. The molecule has 1 heterocycles. The maximum atomic E-state index is 9.70. The molecule has 0 radical (unpaired) electrons. The summed E-state index contributed by atoms with van der Waals surface area (Å²) in [7, 11) is 0. The molecule has 5 heteroatoms. The zero-order valence-electron chi connectivity index (χ0n) is 10.6. The number of hydrogen-bond acceptors (Lipinski definition) is 5. The second-order valence-corrected chi connectivity index (χ2v) is 5.45. The van der Waals surface area contributed by atoms with E-state index in [0.29, 0.717) is 17.8 Å². The molecule has 2 N–H and O–H groups in total. The maximum absolute atomic E-state index is 9.70. The van der Waals surface area contributed by atoms with Crippen molar-refractivity contribution in [3.63, 3.8) is 0 Å². The van der Waals surface area contributed by atoms with Crippen molar-refractivity contribution in [1.29, 1.82) is 0 Å². The molecular formula is C13H16N2O3. The topological polar surface area (TPSA) is 79.4 Å². The van der Waals surface area contributed by atoms with E-state index in [1.54, 1.807) is 6.07 Å². The largest absolute Gasteiger partial charge is 0.508 e. The molecule has 0 atom stereocenters. The highest BCUT2D eigenvalue weighted by molar-refractivity contribution is 5.63. The molecule has 0 bridgehead atoms. The van der Waals surface area contributed by atoms with Crippen molar-refractivity contribution in [2.75, 3.05) is 0 Å². The van der Waals surface area contributed by atoms with Crippen molar-refractivity contribution >= 4 is 0 Å². The summed E-state index contributed by atoms with van der Waals surface area (Å²) >= 11 is 0. The van der Waals surface area contributed by atoms with E-state index in [1.165, 1.54) is 12.1 Å². The Morgan fingerprint density at radius 3 is 2.56 bits per heavy atom. The molecule has 0 amide bonds. The average molecular weight is 248 g/mol. The fraction of sp³-hybridized carbons (Fsp3) is 0.385. The van der Waals surface area contributed by atoms with Crippen molar-refractivity contribution in [3.8, 4) is 23.0 Å². The van der Waals surface area contributed by atoms with Gasteiger partial charge in [-0.1, -0.05) is 25.9 Å². The van der Waals surface area contributed by atoms with Gasteiger partial charge in [-0.05, 0) is 17.5 Å². The molecule has 2 rings (SSSR count). The van der Waals surface area contributed by atoms with E-state index < -0.39 is 0 Å². The van der Waals surface area contributed by atoms with Crippen molar-refractivity contribution in [2.45, 2.75) is 27.2 Å². The van der Waals surface area contributed by atoms with Gasteiger partial charge in [0.05, 0.1) is 5.56 Å². The minimum absolute atomic E-state index is 0.00863. The van der Waals surface area contributed by atoms with Gasteiger partial charge in [-0.2, -0.15) is 4.98 Å². The minimum atomic E-state index is -0.0824. The quantitative estimate of drug-likeness (QED) is 0.854. The number of nitrogens with zero attached hydrogens (tertiary/aromatic N) is 2. The lowest BCUT2D eigenvalue weighted by atomic mass is 9.92. The number of aromatic hydroxyl groups is 2. The van der Waals surface area contributed by atoms with Gasteiger partial charge in [-0.3, -0.25) is 0 Å². The van der Waals surface area contributed by atoms with Crippen molar-refractivity contribution in [3.05, 3.63) is 24.0 Å². The third-order valence-electron chi connectivity index (χ3n) is 2.37. The van der Waals surface area contributed by atoms with Gasteiger partial charge < -0.3 is 14.7 Å². The first-order valence-electron chi connectivity index (χ1n) is 5.70. The van der Waals surface area contributed by atoms with Crippen LogP contribution in [-0.4, -0.2) is 20.4 Å². The van der Waals surface area contributed by atoms with E-state index in [9.17, 15) is 10.2 Å². The number of phenols is 2. The molecule has 5 nitrogen and oxygen atoms in total. The fourth-order valence-corrected chi connectivity index (χ4v) is 1.61. The van der Waals surface area contributed by atoms with E-state index >= 15 is 0 Å².